The van der Waals surface area contributed by atoms with E-state index in [9.17, 15) is 9.59 Å². The first-order valence-corrected chi connectivity index (χ1v) is 6.27. The third kappa shape index (κ3) is 4.13. The molecule has 2 heterocycles. The number of nitrogens with one attached hydrogen (secondary N) is 2. The summed E-state index contributed by atoms with van der Waals surface area (Å²) in [6.45, 7) is 4.90. The Morgan fingerprint density at radius 2 is 2.05 bits per heavy atom. The van der Waals surface area contributed by atoms with Crippen molar-refractivity contribution in [3.05, 3.63) is 23.5 Å². The maximum atomic E-state index is 11.9. The number of aryl methyl sites for hydroxylation is 2. The van der Waals surface area contributed by atoms with E-state index in [2.05, 4.69) is 25.9 Å². The molecular weight excluding hydrogens is 278 g/mol. The Hall–Kier alpha value is -2.71. The van der Waals surface area contributed by atoms with Crippen molar-refractivity contribution in [2.45, 2.75) is 33.2 Å². The Labute approximate surface area is 120 Å². The highest BCUT2D eigenvalue weighted by Crippen LogP contribution is 2.07. The molecule has 9 heteroatoms. The summed E-state index contributed by atoms with van der Waals surface area (Å²) in [6, 6.07) is 0.844. The van der Waals surface area contributed by atoms with Gasteiger partial charge in [0.2, 0.25) is 17.7 Å². The smallest absolute Gasteiger partial charge is 0.247 e. The van der Waals surface area contributed by atoms with Crippen molar-refractivity contribution in [2.24, 2.45) is 0 Å². The van der Waals surface area contributed by atoms with Crippen LogP contribution in [0.1, 0.15) is 24.4 Å². The van der Waals surface area contributed by atoms with E-state index < -0.39 is 11.9 Å². The highest BCUT2D eigenvalue weighted by molar-refractivity contribution is 5.96. The van der Waals surface area contributed by atoms with E-state index in [1.54, 1.807) is 26.8 Å². The van der Waals surface area contributed by atoms with E-state index in [0.717, 1.165) is 0 Å². The van der Waals surface area contributed by atoms with Crippen LogP contribution in [-0.2, 0) is 16.0 Å². The van der Waals surface area contributed by atoms with Crippen LogP contribution in [0, 0.1) is 13.8 Å². The number of carbonyl (C=O) groups is 2. The highest BCUT2D eigenvalue weighted by Gasteiger charge is 2.18. The van der Waals surface area contributed by atoms with Gasteiger partial charge in [-0.3, -0.25) is 9.59 Å². The number of hydrogen-bond acceptors (Lipinski definition) is 7. The van der Waals surface area contributed by atoms with Crippen molar-refractivity contribution in [3.8, 4) is 0 Å². The van der Waals surface area contributed by atoms with E-state index in [1.165, 1.54) is 0 Å². The van der Waals surface area contributed by atoms with Crippen LogP contribution in [0.3, 0.4) is 0 Å². The van der Waals surface area contributed by atoms with Gasteiger partial charge in [-0.05, 0) is 13.8 Å². The zero-order chi connectivity index (χ0) is 15.4. The first-order valence-electron chi connectivity index (χ1n) is 6.27. The fourth-order valence-corrected chi connectivity index (χ4v) is 1.57. The van der Waals surface area contributed by atoms with Gasteiger partial charge >= 0.3 is 0 Å². The first kappa shape index (κ1) is 14.7. The molecule has 2 N–H and O–H groups in total. The van der Waals surface area contributed by atoms with Gasteiger partial charge in [0.25, 0.3) is 0 Å². The van der Waals surface area contributed by atoms with Crippen LogP contribution >= 0.6 is 0 Å². The lowest BCUT2D eigenvalue weighted by Crippen LogP contribution is -2.42. The second kappa shape index (κ2) is 6.16. The van der Waals surface area contributed by atoms with Crippen LogP contribution in [0.2, 0.25) is 0 Å². The van der Waals surface area contributed by atoms with Gasteiger partial charge < -0.3 is 19.7 Å². The standard InChI is InChI=1S/C12H15N5O4/c1-6-4-9(16-20-6)15-12(19)7(2)13-11(18)5-10-14-8(3)21-17-10/h4,7H,5H2,1-3H3,(H,13,18)(H,15,16,19). The first-order chi connectivity index (χ1) is 9.94. The molecule has 0 fully saturated rings. The van der Waals surface area contributed by atoms with E-state index in [-0.39, 0.29) is 18.2 Å². The van der Waals surface area contributed by atoms with Gasteiger partial charge in [0.1, 0.15) is 11.8 Å². The SMILES string of the molecule is Cc1cc(NC(=O)C(C)NC(=O)Cc2noc(C)n2)no1. The lowest BCUT2D eigenvalue weighted by Gasteiger charge is -2.11. The molecule has 0 aliphatic rings. The normalized spacial score (nSPS) is 12.0. The van der Waals surface area contributed by atoms with Crippen molar-refractivity contribution in [1.82, 2.24) is 20.6 Å². The average molecular weight is 293 g/mol. The van der Waals surface area contributed by atoms with Gasteiger partial charge in [-0.15, -0.1) is 0 Å². The van der Waals surface area contributed by atoms with Crippen LogP contribution in [0.15, 0.2) is 15.1 Å². The van der Waals surface area contributed by atoms with Gasteiger partial charge in [0.15, 0.2) is 11.6 Å². The Balaban J connectivity index is 1.83. The molecule has 1 atom stereocenters. The van der Waals surface area contributed by atoms with Crippen LogP contribution in [0.5, 0.6) is 0 Å². The van der Waals surface area contributed by atoms with Crippen LogP contribution in [0.25, 0.3) is 0 Å². The van der Waals surface area contributed by atoms with Gasteiger partial charge in [0, 0.05) is 13.0 Å². The summed E-state index contributed by atoms with van der Waals surface area (Å²) in [7, 11) is 0. The van der Waals surface area contributed by atoms with Crippen LogP contribution in [-0.4, -0.2) is 33.2 Å². The minimum absolute atomic E-state index is 0.0575. The predicted molar refractivity (Wildman–Crippen MR) is 70.2 cm³/mol. The molecule has 9 nitrogen and oxygen atoms in total. The number of carbonyl (C=O) groups excluding carboxylic acids is 2. The second-order valence-electron chi connectivity index (χ2n) is 4.51. The molecule has 2 aromatic rings. The van der Waals surface area contributed by atoms with Crippen LogP contribution in [0.4, 0.5) is 5.82 Å². The predicted octanol–water partition coefficient (Wildman–Crippen LogP) is 0.360. The fourth-order valence-electron chi connectivity index (χ4n) is 1.57. The molecule has 0 saturated carbocycles. The lowest BCUT2D eigenvalue weighted by molar-refractivity contribution is -0.125. The Bertz CT molecular complexity index is 648. The highest BCUT2D eigenvalue weighted by atomic mass is 16.5. The summed E-state index contributed by atoms with van der Waals surface area (Å²) in [5.41, 5.74) is 0. The number of anilines is 1. The molecule has 112 valence electrons. The molecule has 0 spiro atoms. The summed E-state index contributed by atoms with van der Waals surface area (Å²) in [4.78, 5) is 27.5. The topological polar surface area (TPSA) is 123 Å². The molecule has 2 rings (SSSR count). The largest absolute Gasteiger partial charge is 0.360 e. The summed E-state index contributed by atoms with van der Waals surface area (Å²) >= 11 is 0. The molecular formula is C12H15N5O4. The van der Waals surface area contributed by atoms with Crippen molar-refractivity contribution >= 4 is 17.6 Å². The zero-order valence-electron chi connectivity index (χ0n) is 11.8. The minimum atomic E-state index is -0.734. The summed E-state index contributed by atoms with van der Waals surface area (Å²) in [6.07, 6.45) is -0.0575. The molecule has 21 heavy (non-hydrogen) atoms. The van der Waals surface area contributed by atoms with Gasteiger partial charge in [-0.2, -0.15) is 4.98 Å². The number of rotatable bonds is 5. The van der Waals surface area contributed by atoms with E-state index in [1.807, 2.05) is 0 Å². The molecule has 0 aliphatic heterocycles. The Morgan fingerprint density at radius 1 is 1.29 bits per heavy atom. The van der Waals surface area contributed by atoms with Crippen molar-refractivity contribution in [1.29, 1.82) is 0 Å². The average Bonchev–Trinajstić information content (AvgIpc) is 2.98. The molecule has 0 bridgehead atoms. The third-order valence-electron chi connectivity index (χ3n) is 2.54. The van der Waals surface area contributed by atoms with E-state index >= 15 is 0 Å². The molecule has 0 radical (unpaired) electrons. The van der Waals surface area contributed by atoms with Gasteiger partial charge in [0.05, 0.1) is 6.42 Å². The minimum Gasteiger partial charge on any atom is -0.360 e. The van der Waals surface area contributed by atoms with E-state index in [4.69, 9.17) is 9.05 Å². The monoisotopic (exact) mass is 293 g/mol. The number of nitrogens with zero attached hydrogens (tertiary/aromatic N) is 3. The maximum absolute atomic E-state index is 11.9. The van der Waals surface area contributed by atoms with Gasteiger partial charge in [-0.1, -0.05) is 10.3 Å². The molecule has 0 aliphatic carbocycles. The van der Waals surface area contributed by atoms with Crippen molar-refractivity contribution < 1.29 is 18.6 Å². The lowest BCUT2D eigenvalue weighted by atomic mass is 10.3. The fraction of sp³-hybridized carbons (Fsp3) is 0.417. The Kier molecular flexibility index (Phi) is 4.31. The Morgan fingerprint density at radius 3 is 2.62 bits per heavy atom. The molecule has 0 aromatic carbocycles. The summed E-state index contributed by atoms with van der Waals surface area (Å²) in [5, 5.41) is 12.3. The molecule has 0 saturated heterocycles. The maximum Gasteiger partial charge on any atom is 0.247 e. The quantitative estimate of drug-likeness (QED) is 0.815. The zero-order valence-corrected chi connectivity index (χ0v) is 11.8. The van der Waals surface area contributed by atoms with Crippen molar-refractivity contribution in [3.63, 3.8) is 0 Å². The number of hydrogen-bond donors (Lipinski definition) is 2. The third-order valence-corrected chi connectivity index (χ3v) is 2.54. The summed E-state index contributed by atoms with van der Waals surface area (Å²) < 4.78 is 9.59. The van der Waals surface area contributed by atoms with Gasteiger partial charge in [-0.25, -0.2) is 0 Å². The number of aromatic nitrogens is 3. The van der Waals surface area contributed by atoms with E-state index in [0.29, 0.717) is 17.5 Å². The number of amides is 2. The molecule has 2 aromatic heterocycles. The molecule has 2 amide bonds. The van der Waals surface area contributed by atoms with Crippen LogP contribution < -0.4 is 10.6 Å². The van der Waals surface area contributed by atoms with Crippen molar-refractivity contribution in [2.75, 3.05) is 5.32 Å². The molecule has 1 unspecified atom stereocenters. The summed E-state index contributed by atoms with van der Waals surface area (Å²) in [5.74, 6) is 0.743. The second-order valence-corrected chi connectivity index (χ2v) is 4.51.